The van der Waals surface area contributed by atoms with Crippen molar-refractivity contribution in [1.82, 2.24) is 24.5 Å². The van der Waals surface area contributed by atoms with Crippen molar-refractivity contribution in [3.05, 3.63) is 92.2 Å². The lowest BCUT2D eigenvalue weighted by atomic mass is 10.1. The first-order valence-corrected chi connectivity index (χ1v) is 10.9. The molecule has 0 saturated carbocycles. The third-order valence-electron chi connectivity index (χ3n) is 5.26. The van der Waals surface area contributed by atoms with Crippen LogP contribution in [-0.2, 0) is 11.3 Å². The summed E-state index contributed by atoms with van der Waals surface area (Å²) in [6.45, 7) is 0.159. The number of fused-ring (bicyclic) bond motifs is 3. The van der Waals surface area contributed by atoms with Crippen LogP contribution in [0.1, 0.15) is 16.1 Å². The lowest BCUT2D eigenvalue weighted by Gasteiger charge is -2.10. The summed E-state index contributed by atoms with van der Waals surface area (Å²) in [7, 11) is 1.52. The lowest BCUT2D eigenvalue weighted by Crippen LogP contribution is -2.33. The van der Waals surface area contributed by atoms with E-state index in [9.17, 15) is 14.0 Å². The minimum Gasteiger partial charge on any atom is -0.378 e. The second-order valence-electron chi connectivity index (χ2n) is 7.49. The Morgan fingerprint density at radius 3 is 2.60 bits per heavy atom. The molecule has 1 amide bonds. The molecule has 0 aliphatic heterocycles. The highest BCUT2D eigenvalue weighted by Crippen LogP contribution is 2.29. The second kappa shape index (κ2) is 9.06. The number of carbonyl (C=O) groups excluding carboxylic acids is 1. The normalized spacial score (nSPS) is 11.3. The van der Waals surface area contributed by atoms with Crippen LogP contribution in [0.25, 0.3) is 27.8 Å². The molecule has 5 rings (SSSR count). The smallest absolute Gasteiger partial charge is 0.299 e. The van der Waals surface area contributed by atoms with Crippen molar-refractivity contribution in [1.29, 1.82) is 0 Å². The zero-order valence-corrected chi connectivity index (χ0v) is 19.5. The third-order valence-corrected chi connectivity index (χ3v) is 5.81. The first-order valence-electron chi connectivity index (χ1n) is 10.2. The summed E-state index contributed by atoms with van der Waals surface area (Å²) in [6.07, 6.45) is 1.38. The maximum Gasteiger partial charge on any atom is 0.299 e. The van der Waals surface area contributed by atoms with Gasteiger partial charge in [-0.25, -0.2) is 13.6 Å². The van der Waals surface area contributed by atoms with Gasteiger partial charge in [-0.2, -0.15) is 5.10 Å². The minimum atomic E-state index is -0.623. The van der Waals surface area contributed by atoms with Crippen molar-refractivity contribution in [3.63, 3.8) is 0 Å². The molecule has 0 unspecified atom stereocenters. The van der Waals surface area contributed by atoms with Crippen LogP contribution in [-0.4, -0.2) is 37.5 Å². The maximum absolute atomic E-state index is 13.5. The van der Waals surface area contributed by atoms with Crippen molar-refractivity contribution in [2.45, 2.75) is 6.61 Å². The Morgan fingerprint density at radius 1 is 1.11 bits per heavy atom. The van der Waals surface area contributed by atoms with Gasteiger partial charge < -0.3 is 4.74 Å². The fraction of sp³-hybridized carbons (Fsp3) is 0.0870. The molecule has 176 valence electrons. The van der Waals surface area contributed by atoms with Crippen LogP contribution in [0.3, 0.4) is 0 Å². The van der Waals surface area contributed by atoms with Crippen LogP contribution in [0.4, 0.5) is 4.39 Å². The van der Waals surface area contributed by atoms with Gasteiger partial charge in [-0.15, -0.1) is 10.2 Å². The number of nitrogens with zero attached hydrogens (tertiary/aromatic N) is 5. The lowest BCUT2D eigenvalue weighted by molar-refractivity contribution is 0.101. The average molecular weight is 513 g/mol. The van der Waals surface area contributed by atoms with E-state index in [1.165, 1.54) is 48.2 Å². The summed E-state index contributed by atoms with van der Waals surface area (Å²) in [5.41, 5.74) is 4.51. The van der Waals surface area contributed by atoms with Crippen LogP contribution in [0.2, 0.25) is 10.0 Å². The predicted molar refractivity (Wildman–Crippen MR) is 129 cm³/mol. The minimum absolute atomic E-state index is 0.0281. The monoisotopic (exact) mass is 512 g/mol. The van der Waals surface area contributed by atoms with Crippen molar-refractivity contribution in [3.8, 4) is 11.1 Å². The molecule has 0 fully saturated rings. The zero-order chi connectivity index (χ0) is 24.7. The summed E-state index contributed by atoms with van der Waals surface area (Å²) < 4.78 is 21.2. The molecule has 0 aliphatic rings. The Hall–Kier alpha value is -3.86. The van der Waals surface area contributed by atoms with E-state index in [-0.39, 0.29) is 28.5 Å². The maximum atomic E-state index is 13.5. The van der Waals surface area contributed by atoms with Gasteiger partial charge in [0.05, 0.1) is 28.5 Å². The number of benzene rings is 2. The molecular weight excluding hydrogens is 498 g/mol. The summed E-state index contributed by atoms with van der Waals surface area (Å²) in [4.78, 5) is 25.7. The molecule has 3 heterocycles. The van der Waals surface area contributed by atoms with Gasteiger partial charge in [-0.3, -0.25) is 15.0 Å². The van der Waals surface area contributed by atoms with Gasteiger partial charge in [0.25, 0.3) is 11.5 Å². The Kier molecular flexibility index (Phi) is 5.93. The van der Waals surface area contributed by atoms with Gasteiger partial charge in [-0.1, -0.05) is 35.3 Å². The van der Waals surface area contributed by atoms with E-state index in [1.807, 2.05) is 0 Å². The van der Waals surface area contributed by atoms with Gasteiger partial charge in [0.2, 0.25) is 0 Å². The summed E-state index contributed by atoms with van der Waals surface area (Å²) >= 11 is 12.0. The largest absolute Gasteiger partial charge is 0.378 e. The number of hydrogen-bond donors (Lipinski definition) is 1. The van der Waals surface area contributed by atoms with Crippen molar-refractivity contribution in [2.24, 2.45) is 0 Å². The van der Waals surface area contributed by atoms with Crippen LogP contribution in [0.5, 0.6) is 0 Å². The molecule has 0 atom stereocenters. The number of pyridine rings is 1. The molecule has 0 radical (unpaired) electrons. The number of hydrogen-bond acceptors (Lipinski definition) is 6. The fourth-order valence-electron chi connectivity index (χ4n) is 3.67. The fourth-order valence-corrected chi connectivity index (χ4v) is 4.17. The number of nitrogens with one attached hydrogen (secondary N) is 1. The zero-order valence-electron chi connectivity index (χ0n) is 18.0. The molecule has 0 bridgehead atoms. The first-order chi connectivity index (χ1) is 16.9. The van der Waals surface area contributed by atoms with Gasteiger partial charge >= 0.3 is 0 Å². The van der Waals surface area contributed by atoms with Gasteiger partial charge in [-0.05, 0) is 42.0 Å². The Morgan fingerprint density at radius 2 is 1.89 bits per heavy atom. The quantitative estimate of drug-likeness (QED) is 0.380. The van der Waals surface area contributed by atoms with E-state index in [0.29, 0.717) is 33.0 Å². The number of carbonyl (C=O) groups is 1. The summed E-state index contributed by atoms with van der Waals surface area (Å²) in [6, 6.07) is 11.8. The van der Waals surface area contributed by atoms with Crippen molar-refractivity contribution in [2.75, 3.05) is 12.5 Å². The van der Waals surface area contributed by atoms with Crippen LogP contribution in [0, 0.1) is 5.82 Å². The highest BCUT2D eigenvalue weighted by molar-refractivity contribution is 6.37. The SMILES string of the molecule is COCc1nn2c(nnc3c(=O)n(NC(=O)c4ccc(Cl)cc4Cl)ccc32)c1-c1ccc(F)cc1. The van der Waals surface area contributed by atoms with Crippen LogP contribution in [0.15, 0.2) is 59.5 Å². The Bertz CT molecular complexity index is 1670. The molecule has 0 aliphatic carbocycles. The summed E-state index contributed by atoms with van der Waals surface area (Å²) in [5.74, 6) is -0.986. The van der Waals surface area contributed by atoms with E-state index >= 15 is 0 Å². The van der Waals surface area contributed by atoms with E-state index in [4.69, 9.17) is 27.9 Å². The molecule has 3 aromatic heterocycles. The standard InChI is InChI=1S/C23H15Cl2FN6O3/c1-35-11-17-19(12-2-5-14(26)6-3-12)21-28-27-20-18(32(21)29-17)8-9-31(23(20)34)30-22(33)15-7-4-13(24)10-16(15)25/h2-10H,11H2,1H3,(H,30,33). The molecule has 2 aromatic carbocycles. The Balaban J connectivity index is 1.61. The second-order valence-corrected chi connectivity index (χ2v) is 8.33. The average Bonchev–Trinajstić information content (AvgIpc) is 3.20. The number of halogens is 3. The number of rotatable bonds is 5. The Labute approximate surface area is 206 Å². The van der Waals surface area contributed by atoms with E-state index in [1.54, 1.807) is 18.2 Å². The van der Waals surface area contributed by atoms with Crippen LogP contribution >= 0.6 is 23.2 Å². The highest BCUT2D eigenvalue weighted by Gasteiger charge is 2.20. The first kappa shape index (κ1) is 22.9. The van der Waals surface area contributed by atoms with Gasteiger partial charge in [0, 0.05) is 18.3 Å². The predicted octanol–water partition coefficient (Wildman–Crippen LogP) is 4.08. The molecule has 12 heteroatoms. The third kappa shape index (κ3) is 4.12. The number of ether oxygens (including phenoxy) is 1. The van der Waals surface area contributed by atoms with E-state index in [2.05, 4.69) is 20.7 Å². The van der Waals surface area contributed by atoms with Gasteiger partial charge in [0.15, 0.2) is 11.2 Å². The number of methoxy groups -OCH3 is 1. The highest BCUT2D eigenvalue weighted by atomic mass is 35.5. The number of aromatic nitrogens is 5. The molecular formula is C23H15Cl2FN6O3. The molecule has 0 saturated heterocycles. The van der Waals surface area contributed by atoms with Gasteiger partial charge in [0.1, 0.15) is 11.3 Å². The van der Waals surface area contributed by atoms with E-state index in [0.717, 1.165) is 4.68 Å². The van der Waals surface area contributed by atoms with E-state index < -0.39 is 11.5 Å². The topological polar surface area (TPSA) is 103 Å². The van der Waals surface area contributed by atoms with Crippen molar-refractivity contribution >= 4 is 45.8 Å². The number of amides is 1. The molecule has 0 spiro atoms. The van der Waals surface area contributed by atoms with Crippen molar-refractivity contribution < 1.29 is 13.9 Å². The summed E-state index contributed by atoms with van der Waals surface area (Å²) in [5, 5.41) is 13.4. The molecule has 35 heavy (non-hydrogen) atoms. The molecule has 1 N–H and O–H groups in total. The molecule has 5 aromatic rings. The molecule has 9 nitrogen and oxygen atoms in total. The van der Waals surface area contributed by atoms with Crippen LogP contribution < -0.4 is 11.0 Å².